The minimum atomic E-state index is -4.78. The molecule has 10 nitrogen and oxygen atoms in total. The fourth-order valence-electron chi connectivity index (χ4n) is 6.10. The van der Waals surface area contributed by atoms with Crippen molar-refractivity contribution in [1.29, 1.82) is 0 Å². The Morgan fingerprint density at radius 1 is 1.13 bits per heavy atom. The molecule has 3 aromatic rings. The summed E-state index contributed by atoms with van der Waals surface area (Å²) in [6.45, 7) is 2.18. The second-order valence-electron chi connectivity index (χ2n) is 11.6. The predicted octanol–water partition coefficient (Wildman–Crippen LogP) is 6.38. The van der Waals surface area contributed by atoms with Gasteiger partial charge in [0.25, 0.3) is 5.91 Å². The maximum atomic E-state index is 14.1. The van der Waals surface area contributed by atoms with Gasteiger partial charge in [-0.2, -0.15) is 18.2 Å². The first-order valence-electron chi connectivity index (χ1n) is 14.9. The van der Waals surface area contributed by atoms with Crippen molar-refractivity contribution in [3.05, 3.63) is 64.3 Å². The van der Waals surface area contributed by atoms with Gasteiger partial charge in [0.05, 0.1) is 30.2 Å². The minimum absolute atomic E-state index is 0.138. The first kappa shape index (κ1) is 32.7. The molecule has 4 N–H and O–H groups in total. The van der Waals surface area contributed by atoms with E-state index in [1.165, 1.54) is 12.0 Å². The van der Waals surface area contributed by atoms with Crippen molar-refractivity contribution in [1.82, 2.24) is 14.9 Å². The van der Waals surface area contributed by atoms with Gasteiger partial charge in [-0.3, -0.25) is 9.36 Å². The Kier molecular flexibility index (Phi) is 9.71. The lowest BCUT2D eigenvalue weighted by Gasteiger charge is -2.27. The number of alkyl halides is 3. The van der Waals surface area contributed by atoms with Crippen LogP contribution in [-0.2, 0) is 23.7 Å². The fourth-order valence-corrected chi connectivity index (χ4v) is 6.86. The number of amides is 1. The summed E-state index contributed by atoms with van der Waals surface area (Å²) in [7, 11) is 0.364. The number of nitrogens with one attached hydrogen (secondary N) is 2. The average molecular weight is 648 g/mol. The highest BCUT2D eigenvalue weighted by Gasteiger charge is 2.37. The number of halogens is 3. The summed E-state index contributed by atoms with van der Waals surface area (Å²) >= 11 is 0. The van der Waals surface area contributed by atoms with Crippen molar-refractivity contribution in [2.75, 3.05) is 24.8 Å². The molecule has 242 valence electrons. The van der Waals surface area contributed by atoms with Crippen molar-refractivity contribution >= 4 is 37.1 Å². The number of aromatic nitrogens is 2. The zero-order valence-corrected chi connectivity index (χ0v) is 26.2. The van der Waals surface area contributed by atoms with Crippen LogP contribution in [0.5, 0.6) is 5.75 Å². The summed E-state index contributed by atoms with van der Waals surface area (Å²) in [4.78, 5) is 32.4. The molecule has 2 atom stereocenters. The van der Waals surface area contributed by atoms with Crippen molar-refractivity contribution in [2.45, 2.75) is 75.9 Å². The Balaban J connectivity index is 1.47. The van der Waals surface area contributed by atoms with Gasteiger partial charge in [-0.25, -0.2) is 4.98 Å². The Morgan fingerprint density at radius 2 is 1.84 bits per heavy atom. The third-order valence-electron chi connectivity index (χ3n) is 8.63. The van der Waals surface area contributed by atoms with Gasteiger partial charge in [-0.05, 0) is 79.3 Å². The Morgan fingerprint density at radius 3 is 2.49 bits per heavy atom. The number of aliphatic hydroxyl groups excluding tert-OH is 1. The number of rotatable bonds is 10. The highest BCUT2D eigenvalue weighted by Crippen LogP contribution is 2.42. The van der Waals surface area contributed by atoms with E-state index in [1.54, 1.807) is 31.3 Å². The molecule has 1 fully saturated rings. The van der Waals surface area contributed by atoms with E-state index in [0.29, 0.717) is 55.4 Å². The molecule has 0 spiro atoms. The number of carbonyl (C=O) groups is 1. The number of aliphatic hydroxyl groups is 1. The molecule has 1 saturated carbocycles. The van der Waals surface area contributed by atoms with Crippen molar-refractivity contribution in [2.24, 2.45) is 0 Å². The van der Waals surface area contributed by atoms with Crippen LogP contribution in [0.4, 0.5) is 36.3 Å². The zero-order chi connectivity index (χ0) is 32.5. The number of ether oxygens (including phenoxy) is 1. The van der Waals surface area contributed by atoms with Crippen LogP contribution >= 0.6 is 8.03 Å². The van der Waals surface area contributed by atoms with Gasteiger partial charge in [-0.15, -0.1) is 0 Å². The van der Waals surface area contributed by atoms with E-state index >= 15 is 0 Å². The number of carbonyl (C=O) groups excluding carboxylic acids is 1. The van der Waals surface area contributed by atoms with E-state index in [2.05, 4.69) is 20.6 Å². The molecule has 1 aromatic heterocycles. The molecular weight excluding hydrogens is 610 g/mol. The number of benzene rings is 2. The molecule has 45 heavy (non-hydrogen) atoms. The minimum Gasteiger partial charge on any atom is -0.495 e. The first-order valence-corrected chi connectivity index (χ1v) is 16.3. The number of hydrogen-bond acceptors (Lipinski definition) is 8. The lowest BCUT2D eigenvalue weighted by atomic mass is 9.80. The molecule has 1 aliphatic carbocycles. The summed E-state index contributed by atoms with van der Waals surface area (Å²) in [5, 5.41) is 15.7. The Labute approximate surface area is 259 Å². The van der Waals surface area contributed by atoms with Gasteiger partial charge in [0, 0.05) is 25.4 Å². The monoisotopic (exact) mass is 647 g/mol. The molecule has 1 aliphatic heterocycles. The molecule has 2 unspecified atom stereocenters. The van der Waals surface area contributed by atoms with Gasteiger partial charge in [0.15, 0.2) is 8.03 Å². The third-order valence-corrected chi connectivity index (χ3v) is 9.94. The average Bonchev–Trinajstić information content (AvgIpc) is 3.30. The number of nitrogens with zero attached hydrogens (tertiary/aromatic N) is 3. The predicted molar refractivity (Wildman–Crippen MR) is 165 cm³/mol. The number of anilines is 4. The summed E-state index contributed by atoms with van der Waals surface area (Å²) < 4.78 is 59.5. The number of fused-ring (bicyclic) bond motifs is 1. The molecule has 2 aromatic carbocycles. The lowest BCUT2D eigenvalue weighted by Crippen LogP contribution is -2.18. The summed E-state index contributed by atoms with van der Waals surface area (Å²) in [6.07, 6.45) is -0.692. The summed E-state index contributed by atoms with van der Waals surface area (Å²) in [5.74, 6) is -0.450. The second-order valence-corrected chi connectivity index (χ2v) is 13.1. The Hall–Kier alpha value is -3.67. The van der Waals surface area contributed by atoms with Gasteiger partial charge in [0.2, 0.25) is 5.95 Å². The van der Waals surface area contributed by atoms with Gasteiger partial charge in [0.1, 0.15) is 17.1 Å². The molecule has 5 rings (SSSR count). The van der Waals surface area contributed by atoms with Crippen molar-refractivity contribution in [3.63, 3.8) is 0 Å². The standard InChI is InChI=1S/C31H37F3N5O5P/c1-4-20(45(42)43)13-17-5-11-24(26(14-17)44-3)37-30-35-15-23(31(32,33)34)28(38-30)36-25-12-10-21(18-6-8-19(40)9-7-18)22-16-39(2)29(41)27(22)25/h5,10-12,14-15,18-20,40,45H,4,6-9,13,16H2,1-3H3,(H,42,43)(H2,35,36,37,38). The van der Waals surface area contributed by atoms with E-state index in [9.17, 15) is 32.5 Å². The topological polar surface area (TPSA) is 137 Å². The van der Waals surface area contributed by atoms with Crippen LogP contribution in [0.2, 0.25) is 0 Å². The smallest absolute Gasteiger partial charge is 0.421 e. The normalized spacial score (nSPS) is 19.6. The largest absolute Gasteiger partial charge is 0.495 e. The highest BCUT2D eigenvalue weighted by atomic mass is 31.1. The van der Waals surface area contributed by atoms with Gasteiger partial charge in [-0.1, -0.05) is 19.1 Å². The first-order chi connectivity index (χ1) is 21.4. The van der Waals surface area contributed by atoms with Crippen LogP contribution in [0.3, 0.4) is 0 Å². The van der Waals surface area contributed by atoms with Crippen LogP contribution in [0.15, 0.2) is 36.5 Å². The molecule has 1 amide bonds. The number of hydrogen-bond donors (Lipinski definition) is 4. The molecule has 2 heterocycles. The fraction of sp³-hybridized carbons (Fsp3) is 0.452. The zero-order valence-electron chi connectivity index (χ0n) is 25.2. The van der Waals surface area contributed by atoms with E-state index < -0.39 is 25.6 Å². The van der Waals surface area contributed by atoms with E-state index in [1.807, 2.05) is 13.0 Å². The van der Waals surface area contributed by atoms with E-state index in [0.717, 1.165) is 29.5 Å². The number of methoxy groups -OCH3 is 1. The van der Waals surface area contributed by atoms with Gasteiger partial charge >= 0.3 is 6.18 Å². The molecular formula is C31H37F3N5O5P. The van der Waals surface area contributed by atoms with Crippen LogP contribution < -0.4 is 15.4 Å². The maximum Gasteiger partial charge on any atom is 0.421 e. The molecule has 2 aliphatic rings. The van der Waals surface area contributed by atoms with Crippen LogP contribution in [-0.4, -0.2) is 56.7 Å². The summed E-state index contributed by atoms with van der Waals surface area (Å²) in [6, 6.07) is 8.55. The second kappa shape index (κ2) is 13.4. The molecule has 14 heteroatoms. The maximum absolute atomic E-state index is 14.1. The van der Waals surface area contributed by atoms with Crippen LogP contribution in [0, 0.1) is 0 Å². The Bertz CT molecular complexity index is 1600. The molecule has 0 saturated heterocycles. The molecule has 0 bridgehead atoms. The van der Waals surface area contributed by atoms with Crippen LogP contribution in [0.1, 0.15) is 77.6 Å². The van der Waals surface area contributed by atoms with Crippen molar-refractivity contribution < 1.29 is 37.3 Å². The quantitative estimate of drug-likeness (QED) is 0.185. The van der Waals surface area contributed by atoms with E-state index in [4.69, 9.17) is 4.74 Å². The highest BCUT2D eigenvalue weighted by molar-refractivity contribution is 7.38. The van der Waals surface area contributed by atoms with E-state index in [-0.39, 0.29) is 35.2 Å². The van der Waals surface area contributed by atoms with Gasteiger partial charge < -0.3 is 30.3 Å². The SMILES string of the molecule is CCC(Cc1ccc(Nc2ncc(C(F)(F)F)c(Nc3ccc(C4CCC(O)CC4)c4c3C(=O)N(C)C4)n2)c(OC)c1)[PH](=O)O. The summed E-state index contributed by atoms with van der Waals surface area (Å²) in [5.41, 5.74) is 1.95. The van der Waals surface area contributed by atoms with Crippen LogP contribution in [0.25, 0.3) is 0 Å². The third kappa shape index (κ3) is 7.10. The molecule has 0 radical (unpaired) electrons. The lowest BCUT2D eigenvalue weighted by molar-refractivity contribution is -0.137. The van der Waals surface area contributed by atoms with Crippen molar-refractivity contribution in [3.8, 4) is 5.75 Å².